The summed E-state index contributed by atoms with van der Waals surface area (Å²) in [4.78, 5) is 54.1. The zero-order valence-electron chi connectivity index (χ0n) is 22.2. The number of rotatable bonds is 4. The Morgan fingerprint density at radius 2 is 1.88 bits per heavy atom. The molecule has 3 aliphatic rings. The van der Waals surface area contributed by atoms with Gasteiger partial charge in [0.15, 0.2) is 0 Å². The number of alkyl halides is 3. The van der Waals surface area contributed by atoms with Crippen molar-refractivity contribution >= 4 is 29.6 Å². The number of fused-ring (bicyclic) bond motifs is 2. The van der Waals surface area contributed by atoms with Crippen LogP contribution in [0.4, 0.5) is 28.4 Å². The Morgan fingerprint density at radius 1 is 1.12 bits per heavy atom. The number of nitrogens with one attached hydrogen (secondary N) is 2. The molecule has 0 bridgehead atoms. The number of likely N-dealkylation sites (tertiary alicyclic amines) is 1. The van der Waals surface area contributed by atoms with Crippen molar-refractivity contribution < 1.29 is 37.1 Å². The molecule has 212 valence electrons. The van der Waals surface area contributed by atoms with Gasteiger partial charge in [-0.3, -0.25) is 9.59 Å². The highest BCUT2D eigenvalue weighted by Gasteiger charge is 2.58. The molecule has 5 amide bonds. The minimum Gasteiger partial charge on any atom is -0.427 e. The molecule has 0 aromatic heterocycles. The molecule has 9 nitrogen and oxygen atoms in total. The van der Waals surface area contributed by atoms with Crippen molar-refractivity contribution in [1.29, 1.82) is 0 Å². The molecule has 2 heterocycles. The maximum absolute atomic E-state index is 13.6. The van der Waals surface area contributed by atoms with Gasteiger partial charge in [0.25, 0.3) is 5.91 Å². The van der Waals surface area contributed by atoms with E-state index in [4.69, 9.17) is 4.74 Å². The second kappa shape index (κ2) is 9.83. The lowest BCUT2D eigenvalue weighted by molar-refractivity contribution is -0.143. The maximum atomic E-state index is 13.6. The van der Waals surface area contributed by atoms with Crippen LogP contribution in [0.2, 0.25) is 0 Å². The van der Waals surface area contributed by atoms with Crippen LogP contribution >= 0.6 is 0 Å². The molecule has 2 N–H and O–H groups in total. The van der Waals surface area contributed by atoms with Crippen molar-refractivity contribution in [2.24, 2.45) is 0 Å². The molecule has 1 spiro atoms. The smallest absolute Gasteiger partial charge is 0.418 e. The minimum atomic E-state index is -4.48. The van der Waals surface area contributed by atoms with Gasteiger partial charge in [-0.2, -0.15) is 13.2 Å². The largest absolute Gasteiger partial charge is 0.427 e. The number of hydrogen-bond acceptors (Lipinski definition) is 5. The van der Waals surface area contributed by atoms with Crippen LogP contribution in [0.3, 0.4) is 0 Å². The zero-order valence-corrected chi connectivity index (χ0v) is 22.2. The molecule has 0 radical (unpaired) electrons. The molecular weight excluding hydrogens is 529 g/mol. The summed E-state index contributed by atoms with van der Waals surface area (Å²) in [6.45, 7) is 2.88. The molecule has 0 saturated carbocycles. The standard InChI is InChI=1S/C28H29F3N4O5/c1-15-12-18(28(29,30)31)5-7-20(15)22-9-4-16(2)35(22)23(36)14-34-24(37)27(40-26(34)39)11-10-17-13-19(6-8-21(17)27)33-25(38)32-3/h5-8,12-13,16,22H,4,9-11,14H2,1-3H3,(H2,32,33,38)/t16?,22?,27-/m1/s1. The number of hydrogen-bond donors (Lipinski definition) is 2. The van der Waals surface area contributed by atoms with E-state index < -0.39 is 53.9 Å². The molecule has 12 heteroatoms. The third kappa shape index (κ3) is 4.54. The van der Waals surface area contributed by atoms with E-state index in [9.17, 15) is 32.3 Å². The Morgan fingerprint density at radius 3 is 2.55 bits per heavy atom. The quantitative estimate of drug-likeness (QED) is 0.569. The average Bonchev–Trinajstić information content (AvgIpc) is 3.53. The number of ether oxygens (including phenoxy) is 1. The van der Waals surface area contributed by atoms with Gasteiger partial charge in [0.2, 0.25) is 11.5 Å². The summed E-state index contributed by atoms with van der Waals surface area (Å²) in [6, 6.07) is 7.32. The van der Waals surface area contributed by atoms with Crippen LogP contribution in [0.25, 0.3) is 0 Å². The molecular formula is C28H29F3N4O5. The van der Waals surface area contributed by atoms with Crippen molar-refractivity contribution in [3.63, 3.8) is 0 Å². The Kier molecular flexibility index (Phi) is 6.75. The van der Waals surface area contributed by atoms with Gasteiger partial charge in [-0.1, -0.05) is 12.1 Å². The monoisotopic (exact) mass is 558 g/mol. The van der Waals surface area contributed by atoms with Gasteiger partial charge in [-0.15, -0.1) is 0 Å². The Hall–Kier alpha value is -4.09. The van der Waals surface area contributed by atoms with Crippen LogP contribution in [0.15, 0.2) is 36.4 Å². The predicted octanol–water partition coefficient (Wildman–Crippen LogP) is 4.64. The lowest BCUT2D eigenvalue weighted by Crippen LogP contribution is -2.46. The van der Waals surface area contributed by atoms with E-state index >= 15 is 0 Å². The Labute approximate surface area is 228 Å². The van der Waals surface area contributed by atoms with Crippen molar-refractivity contribution in [3.8, 4) is 0 Å². The third-order valence-corrected chi connectivity index (χ3v) is 8.05. The first-order chi connectivity index (χ1) is 18.9. The fourth-order valence-electron chi connectivity index (χ4n) is 6.08. The summed E-state index contributed by atoms with van der Waals surface area (Å²) in [5, 5.41) is 5.12. The summed E-state index contributed by atoms with van der Waals surface area (Å²) in [5.41, 5.74) is 0.482. The molecule has 2 aromatic rings. The first kappa shape index (κ1) is 27.5. The molecule has 2 aromatic carbocycles. The molecule has 3 atom stereocenters. The number of anilines is 1. The molecule has 2 saturated heterocycles. The second-order valence-electron chi connectivity index (χ2n) is 10.5. The SMILES string of the molecule is CNC(=O)Nc1ccc2c(c1)CC[C@@]21OC(=O)N(CC(=O)N2C(C)CCC2c2ccc(C(F)(F)F)cc2C)C1=O. The van der Waals surface area contributed by atoms with E-state index in [-0.39, 0.29) is 12.5 Å². The highest BCUT2D eigenvalue weighted by atomic mass is 19.4. The number of nitrogens with zero attached hydrogens (tertiary/aromatic N) is 2. The third-order valence-electron chi connectivity index (χ3n) is 8.05. The summed E-state index contributed by atoms with van der Waals surface area (Å²) in [5.74, 6) is -1.12. The summed E-state index contributed by atoms with van der Waals surface area (Å²) in [7, 11) is 1.49. The fourth-order valence-corrected chi connectivity index (χ4v) is 6.08. The van der Waals surface area contributed by atoms with Crippen LogP contribution in [0.1, 0.15) is 60.0 Å². The van der Waals surface area contributed by atoms with Crippen LogP contribution in [0, 0.1) is 6.92 Å². The number of benzene rings is 2. The lowest BCUT2D eigenvalue weighted by atomic mass is 9.94. The van der Waals surface area contributed by atoms with Gasteiger partial charge < -0.3 is 20.3 Å². The van der Waals surface area contributed by atoms with Crippen molar-refractivity contribution in [1.82, 2.24) is 15.1 Å². The number of urea groups is 1. The molecule has 5 rings (SSSR count). The van der Waals surface area contributed by atoms with Gasteiger partial charge in [0.05, 0.1) is 11.6 Å². The van der Waals surface area contributed by atoms with Gasteiger partial charge in [0.1, 0.15) is 6.54 Å². The van der Waals surface area contributed by atoms with E-state index in [1.807, 2.05) is 6.92 Å². The number of carbonyl (C=O) groups excluding carboxylic acids is 4. The van der Waals surface area contributed by atoms with Crippen molar-refractivity contribution in [2.75, 3.05) is 18.9 Å². The minimum absolute atomic E-state index is 0.203. The van der Waals surface area contributed by atoms with Crippen molar-refractivity contribution in [2.45, 2.75) is 63.4 Å². The first-order valence-corrected chi connectivity index (χ1v) is 13.0. The molecule has 2 fully saturated rings. The van der Waals surface area contributed by atoms with E-state index in [1.54, 1.807) is 30.0 Å². The van der Waals surface area contributed by atoms with E-state index in [2.05, 4.69) is 10.6 Å². The molecule has 2 unspecified atom stereocenters. The summed E-state index contributed by atoms with van der Waals surface area (Å²) in [6.07, 6.45) is -3.60. The zero-order chi connectivity index (χ0) is 29.0. The van der Waals surface area contributed by atoms with Crippen LogP contribution in [-0.2, 0) is 32.5 Å². The van der Waals surface area contributed by atoms with Gasteiger partial charge in [-0.05, 0) is 74.1 Å². The van der Waals surface area contributed by atoms with Crippen LogP contribution in [0.5, 0.6) is 0 Å². The predicted molar refractivity (Wildman–Crippen MR) is 137 cm³/mol. The van der Waals surface area contributed by atoms with Crippen LogP contribution in [-0.4, -0.2) is 53.4 Å². The first-order valence-electron chi connectivity index (χ1n) is 13.0. The average molecular weight is 559 g/mol. The number of amides is 5. The van der Waals surface area contributed by atoms with E-state index in [0.29, 0.717) is 41.6 Å². The van der Waals surface area contributed by atoms with Gasteiger partial charge >= 0.3 is 18.3 Å². The Balaban J connectivity index is 1.36. The highest BCUT2D eigenvalue weighted by Crippen LogP contribution is 2.46. The Bertz CT molecular complexity index is 1410. The number of aryl methyl sites for hydroxylation is 2. The number of halogens is 3. The van der Waals surface area contributed by atoms with E-state index in [0.717, 1.165) is 22.6 Å². The second-order valence-corrected chi connectivity index (χ2v) is 10.5. The van der Waals surface area contributed by atoms with Gasteiger partial charge in [-0.25, -0.2) is 14.5 Å². The highest BCUT2D eigenvalue weighted by molar-refractivity contribution is 6.06. The maximum Gasteiger partial charge on any atom is 0.418 e. The molecule has 2 aliphatic heterocycles. The van der Waals surface area contributed by atoms with Crippen LogP contribution < -0.4 is 10.6 Å². The summed E-state index contributed by atoms with van der Waals surface area (Å²) < 4.78 is 45.2. The van der Waals surface area contributed by atoms with E-state index in [1.165, 1.54) is 13.1 Å². The number of imide groups is 1. The lowest BCUT2D eigenvalue weighted by Gasteiger charge is -2.31. The molecule has 40 heavy (non-hydrogen) atoms. The normalized spacial score (nSPS) is 23.9. The fraction of sp³-hybridized carbons (Fsp3) is 0.429. The molecule has 1 aliphatic carbocycles. The number of carbonyl (C=O) groups is 4. The van der Waals surface area contributed by atoms with Gasteiger partial charge in [0, 0.05) is 30.8 Å². The topological polar surface area (TPSA) is 108 Å². The summed E-state index contributed by atoms with van der Waals surface area (Å²) >= 11 is 0. The van der Waals surface area contributed by atoms with Crippen molar-refractivity contribution in [3.05, 3.63) is 64.2 Å².